The summed E-state index contributed by atoms with van der Waals surface area (Å²) in [4.78, 5) is 14.5. The van der Waals surface area contributed by atoms with Crippen LogP contribution in [0, 0.1) is 5.41 Å². The molecule has 128 valence electrons. The molecule has 0 aliphatic carbocycles. The van der Waals surface area contributed by atoms with Gasteiger partial charge in [-0.25, -0.2) is 4.79 Å². The van der Waals surface area contributed by atoms with Crippen LogP contribution in [0.4, 0.5) is 4.79 Å². The van der Waals surface area contributed by atoms with Crippen molar-refractivity contribution in [3.63, 3.8) is 0 Å². The highest BCUT2D eigenvalue weighted by Crippen LogP contribution is 2.24. The number of benzene rings is 1. The molecule has 0 aromatic heterocycles. The van der Waals surface area contributed by atoms with Gasteiger partial charge in [0.25, 0.3) is 0 Å². The largest absolute Gasteiger partial charge is 0.374 e. The molecule has 1 unspecified atom stereocenters. The van der Waals surface area contributed by atoms with Gasteiger partial charge in [0.15, 0.2) is 0 Å². The molecule has 1 saturated heterocycles. The molecule has 1 fully saturated rings. The highest BCUT2D eigenvalue weighted by Gasteiger charge is 2.38. The minimum atomic E-state index is -0.283. The molecule has 0 spiro atoms. The zero-order valence-corrected chi connectivity index (χ0v) is 15.1. The van der Waals surface area contributed by atoms with Crippen LogP contribution >= 0.6 is 0 Å². The molecular formula is C19H30N2O2. The fraction of sp³-hybridized carbons (Fsp3) is 0.632. The first kappa shape index (κ1) is 17.8. The van der Waals surface area contributed by atoms with E-state index in [1.165, 1.54) is 5.56 Å². The maximum atomic E-state index is 12.6. The molecule has 1 aromatic rings. The van der Waals surface area contributed by atoms with Crippen molar-refractivity contribution in [1.82, 2.24) is 10.2 Å². The second kappa shape index (κ2) is 6.91. The number of carbonyl (C=O) groups excluding carboxylic acids is 1. The number of morpholine rings is 1. The first-order chi connectivity index (χ1) is 10.7. The van der Waals surface area contributed by atoms with E-state index in [9.17, 15) is 4.79 Å². The van der Waals surface area contributed by atoms with E-state index >= 15 is 0 Å². The van der Waals surface area contributed by atoms with E-state index < -0.39 is 0 Å². The van der Waals surface area contributed by atoms with Crippen LogP contribution in [0.3, 0.4) is 0 Å². The van der Waals surface area contributed by atoms with Crippen molar-refractivity contribution >= 4 is 6.03 Å². The molecule has 0 saturated carbocycles. The Morgan fingerprint density at radius 2 is 1.96 bits per heavy atom. The zero-order valence-electron chi connectivity index (χ0n) is 15.1. The van der Waals surface area contributed by atoms with Crippen molar-refractivity contribution in [2.45, 2.75) is 52.7 Å². The minimum Gasteiger partial charge on any atom is -0.374 e. The van der Waals surface area contributed by atoms with Gasteiger partial charge in [-0.3, -0.25) is 0 Å². The summed E-state index contributed by atoms with van der Waals surface area (Å²) in [5.41, 5.74) is 1.04. The number of nitrogens with zero attached hydrogens (tertiary/aromatic N) is 1. The maximum absolute atomic E-state index is 12.6. The molecule has 23 heavy (non-hydrogen) atoms. The Morgan fingerprint density at radius 1 is 1.30 bits per heavy atom. The Kier molecular flexibility index (Phi) is 5.35. The molecule has 1 N–H and O–H groups in total. The molecule has 4 heteroatoms. The average molecular weight is 318 g/mol. The lowest BCUT2D eigenvalue weighted by Gasteiger charge is -2.45. The standard InChI is InChI=1S/C19H30N2O2/c1-18(2,3)13-20-17(22)21-12-16(23-14-19(21,4)5)11-15-9-7-6-8-10-15/h6-10,16H,11-14H2,1-5H3,(H,20,22). The molecule has 1 aromatic carbocycles. The second-order valence-corrected chi connectivity index (χ2v) is 8.27. The molecule has 0 bridgehead atoms. The Morgan fingerprint density at radius 3 is 2.57 bits per heavy atom. The Hall–Kier alpha value is -1.55. The van der Waals surface area contributed by atoms with Gasteiger partial charge in [-0.1, -0.05) is 51.1 Å². The summed E-state index contributed by atoms with van der Waals surface area (Å²) in [5.74, 6) is 0. The summed E-state index contributed by atoms with van der Waals surface area (Å²) in [5, 5.41) is 3.06. The van der Waals surface area contributed by atoms with Crippen molar-refractivity contribution in [2.75, 3.05) is 19.7 Å². The first-order valence-corrected chi connectivity index (χ1v) is 8.38. The second-order valence-electron chi connectivity index (χ2n) is 8.27. The molecule has 2 amide bonds. The van der Waals surface area contributed by atoms with Gasteiger partial charge in [0.2, 0.25) is 0 Å². The van der Waals surface area contributed by atoms with Gasteiger partial charge in [-0.2, -0.15) is 0 Å². The summed E-state index contributed by atoms with van der Waals surface area (Å²) in [6.07, 6.45) is 0.880. The molecule has 1 aliphatic rings. The molecule has 1 heterocycles. The van der Waals surface area contributed by atoms with Crippen LogP contribution < -0.4 is 5.32 Å². The van der Waals surface area contributed by atoms with Crippen molar-refractivity contribution in [3.05, 3.63) is 35.9 Å². The first-order valence-electron chi connectivity index (χ1n) is 8.38. The fourth-order valence-corrected chi connectivity index (χ4v) is 2.70. The highest BCUT2D eigenvalue weighted by molar-refractivity contribution is 5.75. The van der Waals surface area contributed by atoms with Gasteiger partial charge in [0.05, 0.1) is 18.2 Å². The molecule has 2 rings (SSSR count). The van der Waals surface area contributed by atoms with Crippen LogP contribution in [0.5, 0.6) is 0 Å². The number of hydrogen-bond acceptors (Lipinski definition) is 2. The average Bonchev–Trinajstić information content (AvgIpc) is 2.47. The predicted octanol–water partition coefficient (Wildman–Crippen LogP) is 3.46. The lowest BCUT2D eigenvalue weighted by atomic mass is 9.96. The maximum Gasteiger partial charge on any atom is 0.318 e. The normalized spacial score (nSPS) is 21.1. The Labute approximate surface area is 140 Å². The Balaban J connectivity index is 1.99. The van der Waals surface area contributed by atoms with Crippen LogP contribution in [-0.2, 0) is 11.2 Å². The number of ether oxygens (including phenoxy) is 1. The Bertz CT molecular complexity index is 520. The molecule has 4 nitrogen and oxygen atoms in total. The topological polar surface area (TPSA) is 41.6 Å². The number of nitrogens with one attached hydrogen (secondary N) is 1. The molecule has 1 aliphatic heterocycles. The molecular weight excluding hydrogens is 288 g/mol. The number of urea groups is 1. The fourth-order valence-electron chi connectivity index (χ4n) is 2.70. The lowest BCUT2D eigenvalue weighted by Crippen LogP contribution is -2.61. The predicted molar refractivity (Wildman–Crippen MR) is 93.5 cm³/mol. The summed E-state index contributed by atoms with van der Waals surface area (Å²) in [6, 6.07) is 10.3. The molecule has 0 radical (unpaired) electrons. The van der Waals surface area contributed by atoms with Gasteiger partial charge in [-0.15, -0.1) is 0 Å². The van der Waals surface area contributed by atoms with E-state index in [0.717, 1.165) is 6.42 Å². The zero-order chi connectivity index (χ0) is 17.1. The van der Waals surface area contributed by atoms with Crippen molar-refractivity contribution in [2.24, 2.45) is 5.41 Å². The van der Waals surface area contributed by atoms with E-state index in [-0.39, 0.29) is 23.1 Å². The smallest absolute Gasteiger partial charge is 0.318 e. The molecule has 1 atom stereocenters. The quantitative estimate of drug-likeness (QED) is 0.927. The van der Waals surface area contributed by atoms with Gasteiger partial charge in [0.1, 0.15) is 0 Å². The third-order valence-corrected chi connectivity index (χ3v) is 4.11. The van der Waals surface area contributed by atoms with Gasteiger partial charge >= 0.3 is 6.03 Å². The summed E-state index contributed by atoms with van der Waals surface area (Å²) in [6.45, 7) is 12.3. The number of amides is 2. The van der Waals surface area contributed by atoms with Crippen LogP contribution in [-0.4, -0.2) is 42.3 Å². The lowest BCUT2D eigenvalue weighted by molar-refractivity contribution is -0.0779. The summed E-state index contributed by atoms with van der Waals surface area (Å²) in [7, 11) is 0. The van der Waals surface area contributed by atoms with E-state index in [1.807, 2.05) is 23.1 Å². The van der Waals surface area contributed by atoms with Crippen LogP contribution in [0.1, 0.15) is 40.2 Å². The van der Waals surface area contributed by atoms with E-state index in [0.29, 0.717) is 19.7 Å². The van der Waals surface area contributed by atoms with Crippen molar-refractivity contribution in [3.8, 4) is 0 Å². The SMILES string of the molecule is CC(C)(C)CNC(=O)N1CC(Cc2ccccc2)OCC1(C)C. The number of carbonyl (C=O) groups is 1. The van der Waals surface area contributed by atoms with E-state index in [2.05, 4.69) is 52.1 Å². The third kappa shape index (κ3) is 5.24. The van der Waals surface area contributed by atoms with Crippen LogP contribution in [0.15, 0.2) is 30.3 Å². The van der Waals surface area contributed by atoms with Gasteiger partial charge in [0, 0.05) is 19.5 Å². The number of rotatable bonds is 3. The van der Waals surface area contributed by atoms with E-state index in [1.54, 1.807) is 0 Å². The van der Waals surface area contributed by atoms with Crippen LogP contribution in [0.2, 0.25) is 0 Å². The van der Waals surface area contributed by atoms with Crippen molar-refractivity contribution in [1.29, 1.82) is 0 Å². The third-order valence-electron chi connectivity index (χ3n) is 4.11. The summed E-state index contributed by atoms with van der Waals surface area (Å²) >= 11 is 0. The number of hydrogen-bond donors (Lipinski definition) is 1. The van der Waals surface area contributed by atoms with Gasteiger partial charge in [-0.05, 0) is 24.8 Å². The minimum absolute atomic E-state index is 0.00582. The highest BCUT2D eigenvalue weighted by atomic mass is 16.5. The monoisotopic (exact) mass is 318 g/mol. The summed E-state index contributed by atoms with van der Waals surface area (Å²) < 4.78 is 6.00. The van der Waals surface area contributed by atoms with Crippen LogP contribution in [0.25, 0.3) is 0 Å². The van der Waals surface area contributed by atoms with E-state index in [4.69, 9.17) is 4.74 Å². The van der Waals surface area contributed by atoms with Gasteiger partial charge < -0.3 is 15.0 Å². The van der Waals surface area contributed by atoms with Crippen molar-refractivity contribution < 1.29 is 9.53 Å².